The van der Waals surface area contributed by atoms with Crippen LogP contribution in [0.2, 0.25) is 0 Å². The summed E-state index contributed by atoms with van der Waals surface area (Å²) in [5, 5.41) is 8.45. The number of rotatable bonds is 6. The quantitative estimate of drug-likeness (QED) is 0.560. The molecule has 8 nitrogen and oxygen atoms in total. The molecule has 2 heterocycles. The number of nitrogens with one attached hydrogen (secondary N) is 3. The van der Waals surface area contributed by atoms with Crippen LogP contribution in [0.25, 0.3) is 0 Å². The molecule has 3 aromatic rings. The molecule has 1 aromatic heterocycles. The van der Waals surface area contributed by atoms with Crippen molar-refractivity contribution in [2.75, 3.05) is 16.8 Å². The Balaban J connectivity index is 1.51. The number of hydrogen-bond donors (Lipinski definition) is 3. The molecule has 0 fully saturated rings. The lowest BCUT2D eigenvalue weighted by atomic mass is 10.1. The maximum atomic E-state index is 13.1. The molecule has 0 spiro atoms. The molecule has 162 valence electrons. The van der Waals surface area contributed by atoms with E-state index in [-0.39, 0.29) is 18.4 Å². The third kappa shape index (κ3) is 5.10. The molecule has 4 amide bonds. The number of carbonyl (C=O) groups is 3. The van der Waals surface area contributed by atoms with Gasteiger partial charge in [0.25, 0.3) is 0 Å². The molecule has 0 radical (unpaired) electrons. The van der Waals surface area contributed by atoms with Crippen molar-refractivity contribution in [3.63, 3.8) is 0 Å². The summed E-state index contributed by atoms with van der Waals surface area (Å²) in [6, 6.07) is 18.8. The first-order chi connectivity index (χ1) is 15.6. The number of aromatic nitrogens is 1. The number of anilines is 2. The highest BCUT2D eigenvalue weighted by Gasteiger charge is 2.30. The molecule has 8 heteroatoms. The minimum Gasteiger partial charge on any atom is -0.350 e. The van der Waals surface area contributed by atoms with E-state index in [4.69, 9.17) is 0 Å². The average molecular weight is 429 g/mol. The monoisotopic (exact) mass is 429 g/mol. The van der Waals surface area contributed by atoms with Crippen molar-refractivity contribution < 1.29 is 14.4 Å². The van der Waals surface area contributed by atoms with E-state index in [1.54, 1.807) is 36.7 Å². The Hall–Kier alpha value is -4.20. The van der Waals surface area contributed by atoms with Crippen LogP contribution in [0.3, 0.4) is 0 Å². The summed E-state index contributed by atoms with van der Waals surface area (Å²) in [6.07, 6.45) is 3.63. The van der Waals surface area contributed by atoms with Crippen molar-refractivity contribution in [1.82, 2.24) is 15.6 Å². The molecule has 2 aromatic carbocycles. The van der Waals surface area contributed by atoms with E-state index in [1.807, 2.05) is 42.5 Å². The lowest BCUT2D eigenvalue weighted by Gasteiger charge is -2.30. The van der Waals surface area contributed by atoms with Gasteiger partial charge in [0, 0.05) is 25.4 Å². The first kappa shape index (κ1) is 21.0. The molecule has 0 aliphatic carbocycles. The van der Waals surface area contributed by atoms with Crippen molar-refractivity contribution in [3.05, 3.63) is 90.3 Å². The minimum atomic E-state index is -0.816. The van der Waals surface area contributed by atoms with Crippen LogP contribution in [0.1, 0.15) is 11.1 Å². The molecule has 1 atom stereocenters. The highest BCUT2D eigenvalue weighted by Crippen LogP contribution is 2.28. The Morgan fingerprint density at radius 3 is 2.47 bits per heavy atom. The van der Waals surface area contributed by atoms with Crippen LogP contribution in [-0.4, -0.2) is 35.4 Å². The molecular formula is C24H23N5O3. The van der Waals surface area contributed by atoms with Gasteiger partial charge >= 0.3 is 6.03 Å². The number of hydrogen-bond acceptors (Lipinski definition) is 4. The van der Waals surface area contributed by atoms with Crippen molar-refractivity contribution >= 4 is 29.2 Å². The zero-order valence-corrected chi connectivity index (χ0v) is 17.3. The van der Waals surface area contributed by atoms with Gasteiger partial charge in [0.2, 0.25) is 11.8 Å². The van der Waals surface area contributed by atoms with Crippen LogP contribution in [-0.2, 0) is 22.6 Å². The molecule has 3 N–H and O–H groups in total. The second kappa shape index (κ2) is 9.74. The van der Waals surface area contributed by atoms with Gasteiger partial charge in [-0.05, 0) is 35.4 Å². The molecule has 0 saturated carbocycles. The summed E-state index contributed by atoms with van der Waals surface area (Å²) < 4.78 is 0. The number of para-hydroxylation sites is 2. The first-order valence-electron chi connectivity index (χ1n) is 10.3. The SMILES string of the molecule is O=C1CN(C(=O)NC(Cc2ccccc2)C(=O)NCc2ccncc2)c2ccccc2N1. The number of fused-ring (bicyclic) bond motifs is 1. The third-order valence-electron chi connectivity index (χ3n) is 5.13. The lowest BCUT2D eigenvalue weighted by Crippen LogP contribution is -2.54. The number of urea groups is 1. The standard InChI is InChI=1S/C24H23N5O3/c30-22-16-29(21-9-5-4-8-19(21)27-22)24(32)28-20(14-17-6-2-1-3-7-17)23(31)26-15-18-10-12-25-13-11-18/h1-13,20H,14-16H2,(H,26,31)(H,27,30)(H,28,32). The highest BCUT2D eigenvalue weighted by molar-refractivity contribution is 6.10. The normalized spacial score (nSPS) is 13.5. The summed E-state index contributed by atoms with van der Waals surface area (Å²) in [5.41, 5.74) is 2.95. The van der Waals surface area contributed by atoms with Gasteiger partial charge < -0.3 is 16.0 Å². The second-order valence-corrected chi connectivity index (χ2v) is 7.42. The predicted octanol–water partition coefficient (Wildman–Crippen LogP) is 2.48. The van der Waals surface area contributed by atoms with Gasteiger partial charge in [-0.1, -0.05) is 42.5 Å². The van der Waals surface area contributed by atoms with Crippen LogP contribution in [0.15, 0.2) is 79.1 Å². The summed E-state index contributed by atoms with van der Waals surface area (Å²) in [6.45, 7) is 0.191. The topological polar surface area (TPSA) is 103 Å². The maximum absolute atomic E-state index is 13.1. The van der Waals surface area contributed by atoms with E-state index < -0.39 is 12.1 Å². The fourth-order valence-corrected chi connectivity index (χ4v) is 3.51. The Morgan fingerprint density at radius 1 is 0.969 bits per heavy atom. The van der Waals surface area contributed by atoms with E-state index in [0.717, 1.165) is 11.1 Å². The molecule has 1 aliphatic rings. The van der Waals surface area contributed by atoms with Gasteiger partial charge in [-0.25, -0.2) is 4.79 Å². The Kier molecular flexibility index (Phi) is 6.41. The largest absolute Gasteiger partial charge is 0.350 e. The smallest absolute Gasteiger partial charge is 0.323 e. The fourth-order valence-electron chi connectivity index (χ4n) is 3.51. The summed E-state index contributed by atoms with van der Waals surface area (Å²) in [5.74, 6) is -0.602. The van der Waals surface area contributed by atoms with Crippen LogP contribution >= 0.6 is 0 Å². The fraction of sp³-hybridized carbons (Fsp3) is 0.167. The maximum Gasteiger partial charge on any atom is 0.323 e. The average Bonchev–Trinajstić information content (AvgIpc) is 2.82. The van der Waals surface area contributed by atoms with Crippen molar-refractivity contribution in [2.45, 2.75) is 19.0 Å². The van der Waals surface area contributed by atoms with Gasteiger partial charge in [-0.2, -0.15) is 0 Å². The second-order valence-electron chi connectivity index (χ2n) is 7.42. The van der Waals surface area contributed by atoms with Crippen molar-refractivity contribution in [1.29, 1.82) is 0 Å². The molecule has 4 rings (SSSR count). The Bertz CT molecular complexity index is 1100. The Morgan fingerprint density at radius 2 is 1.69 bits per heavy atom. The Labute approximate surface area is 185 Å². The number of benzene rings is 2. The first-order valence-corrected chi connectivity index (χ1v) is 10.3. The summed E-state index contributed by atoms with van der Waals surface area (Å²) in [7, 11) is 0. The molecule has 1 aliphatic heterocycles. The van der Waals surface area contributed by atoms with Gasteiger partial charge in [0.1, 0.15) is 12.6 Å². The molecule has 32 heavy (non-hydrogen) atoms. The number of nitrogens with zero attached hydrogens (tertiary/aromatic N) is 2. The van der Waals surface area contributed by atoms with Gasteiger partial charge in [0.05, 0.1) is 11.4 Å². The zero-order chi connectivity index (χ0) is 22.3. The van der Waals surface area contributed by atoms with Gasteiger partial charge in [-0.3, -0.25) is 19.5 Å². The van der Waals surface area contributed by atoms with E-state index >= 15 is 0 Å². The van der Waals surface area contributed by atoms with E-state index in [9.17, 15) is 14.4 Å². The molecular weight excluding hydrogens is 406 g/mol. The van der Waals surface area contributed by atoms with Gasteiger partial charge in [0.15, 0.2) is 0 Å². The number of pyridine rings is 1. The summed E-state index contributed by atoms with van der Waals surface area (Å²) in [4.78, 5) is 43.6. The zero-order valence-electron chi connectivity index (χ0n) is 17.3. The van der Waals surface area contributed by atoms with E-state index in [0.29, 0.717) is 24.3 Å². The van der Waals surface area contributed by atoms with E-state index in [1.165, 1.54) is 4.90 Å². The number of carbonyl (C=O) groups excluding carboxylic acids is 3. The van der Waals surface area contributed by atoms with Crippen LogP contribution in [0, 0.1) is 0 Å². The van der Waals surface area contributed by atoms with Gasteiger partial charge in [-0.15, -0.1) is 0 Å². The third-order valence-corrected chi connectivity index (χ3v) is 5.13. The summed E-state index contributed by atoms with van der Waals surface area (Å²) >= 11 is 0. The van der Waals surface area contributed by atoms with Crippen LogP contribution in [0.5, 0.6) is 0 Å². The number of amides is 4. The molecule has 0 bridgehead atoms. The van der Waals surface area contributed by atoms with Crippen LogP contribution in [0.4, 0.5) is 16.2 Å². The minimum absolute atomic E-state index is 0.125. The molecule has 1 unspecified atom stereocenters. The van der Waals surface area contributed by atoms with E-state index in [2.05, 4.69) is 20.9 Å². The lowest BCUT2D eigenvalue weighted by molar-refractivity contribution is -0.123. The molecule has 0 saturated heterocycles. The highest BCUT2D eigenvalue weighted by atomic mass is 16.2. The predicted molar refractivity (Wildman–Crippen MR) is 121 cm³/mol. The van der Waals surface area contributed by atoms with Crippen molar-refractivity contribution in [3.8, 4) is 0 Å². The van der Waals surface area contributed by atoms with Crippen molar-refractivity contribution in [2.24, 2.45) is 0 Å². The van der Waals surface area contributed by atoms with Crippen LogP contribution < -0.4 is 20.9 Å².